The van der Waals surface area contributed by atoms with Crippen LogP contribution in [0.5, 0.6) is 0 Å². The van der Waals surface area contributed by atoms with E-state index in [-0.39, 0.29) is 11.8 Å². The summed E-state index contributed by atoms with van der Waals surface area (Å²) in [5.74, 6) is 0.492. The van der Waals surface area contributed by atoms with E-state index in [9.17, 15) is 4.79 Å². The van der Waals surface area contributed by atoms with Crippen molar-refractivity contribution in [2.24, 2.45) is 11.8 Å². The molecule has 2 N–H and O–H groups in total. The van der Waals surface area contributed by atoms with Crippen LogP contribution in [-0.2, 0) is 11.3 Å². The molecule has 0 saturated carbocycles. The third-order valence-electron chi connectivity index (χ3n) is 3.52. The van der Waals surface area contributed by atoms with Crippen LogP contribution in [-0.4, -0.2) is 19.5 Å². The second-order valence-electron chi connectivity index (χ2n) is 5.56. The number of nitrogens with one attached hydrogen (secondary N) is 2. The lowest BCUT2D eigenvalue weighted by Gasteiger charge is -2.20. The first-order chi connectivity index (χ1) is 8.95. The van der Waals surface area contributed by atoms with E-state index in [1.165, 1.54) is 16.7 Å². The van der Waals surface area contributed by atoms with E-state index >= 15 is 0 Å². The number of aryl methyl sites for hydroxylation is 2. The van der Waals surface area contributed by atoms with E-state index in [2.05, 4.69) is 56.5 Å². The van der Waals surface area contributed by atoms with Crippen molar-refractivity contribution in [1.29, 1.82) is 0 Å². The summed E-state index contributed by atoms with van der Waals surface area (Å²) in [4.78, 5) is 12.2. The summed E-state index contributed by atoms with van der Waals surface area (Å²) in [7, 11) is 1.88. The molecule has 0 aliphatic heterocycles. The summed E-state index contributed by atoms with van der Waals surface area (Å²) >= 11 is 0. The van der Waals surface area contributed by atoms with Gasteiger partial charge in [-0.05, 0) is 37.9 Å². The molecule has 0 aliphatic carbocycles. The Kier molecular flexibility index (Phi) is 6.03. The van der Waals surface area contributed by atoms with Gasteiger partial charge in [0.05, 0.1) is 5.92 Å². The molecule has 106 valence electrons. The average molecular weight is 262 g/mol. The Balaban J connectivity index is 2.64. The SMILES string of the molecule is CNCC(C(=O)NCc1cc(C)ccc1C)C(C)C. The average Bonchev–Trinajstić information content (AvgIpc) is 2.36. The Labute approximate surface area is 116 Å². The van der Waals surface area contributed by atoms with Crippen molar-refractivity contribution >= 4 is 5.91 Å². The molecule has 1 atom stereocenters. The van der Waals surface area contributed by atoms with E-state index in [0.717, 1.165) is 6.54 Å². The minimum absolute atomic E-state index is 0.0233. The van der Waals surface area contributed by atoms with Crippen LogP contribution < -0.4 is 10.6 Å². The topological polar surface area (TPSA) is 41.1 Å². The monoisotopic (exact) mass is 262 g/mol. The van der Waals surface area contributed by atoms with Crippen LogP contribution in [0.2, 0.25) is 0 Å². The van der Waals surface area contributed by atoms with Crippen molar-refractivity contribution in [2.45, 2.75) is 34.2 Å². The summed E-state index contributed by atoms with van der Waals surface area (Å²) in [6.45, 7) is 9.64. The van der Waals surface area contributed by atoms with Crippen LogP contribution in [0, 0.1) is 25.7 Å². The third kappa shape index (κ3) is 4.67. The first-order valence-corrected chi connectivity index (χ1v) is 6.94. The van der Waals surface area contributed by atoms with Crippen molar-refractivity contribution in [3.8, 4) is 0 Å². The molecule has 3 heteroatoms. The van der Waals surface area contributed by atoms with Gasteiger partial charge in [-0.2, -0.15) is 0 Å². The van der Waals surface area contributed by atoms with Crippen LogP contribution in [0.3, 0.4) is 0 Å². The highest BCUT2D eigenvalue weighted by Gasteiger charge is 2.20. The van der Waals surface area contributed by atoms with E-state index < -0.39 is 0 Å². The zero-order valence-electron chi connectivity index (χ0n) is 12.7. The van der Waals surface area contributed by atoms with Gasteiger partial charge >= 0.3 is 0 Å². The highest BCUT2D eigenvalue weighted by Crippen LogP contribution is 2.13. The maximum absolute atomic E-state index is 12.2. The van der Waals surface area contributed by atoms with Crippen LogP contribution in [0.25, 0.3) is 0 Å². The second kappa shape index (κ2) is 7.29. The van der Waals surface area contributed by atoms with Gasteiger partial charge in [0.1, 0.15) is 0 Å². The molecule has 0 bridgehead atoms. The molecule has 1 aromatic carbocycles. The predicted molar refractivity (Wildman–Crippen MR) is 80.0 cm³/mol. The Bertz CT molecular complexity index is 427. The van der Waals surface area contributed by atoms with Crippen molar-refractivity contribution in [1.82, 2.24) is 10.6 Å². The molecule has 0 heterocycles. The number of amides is 1. The Morgan fingerprint density at radius 3 is 2.53 bits per heavy atom. The predicted octanol–water partition coefficient (Wildman–Crippen LogP) is 2.41. The molecule has 0 spiro atoms. The van der Waals surface area contributed by atoms with Crippen LogP contribution in [0.4, 0.5) is 0 Å². The highest BCUT2D eigenvalue weighted by molar-refractivity contribution is 5.79. The van der Waals surface area contributed by atoms with Crippen LogP contribution in [0.15, 0.2) is 18.2 Å². The molecule has 0 fully saturated rings. The van der Waals surface area contributed by atoms with Crippen molar-refractivity contribution in [3.05, 3.63) is 34.9 Å². The maximum atomic E-state index is 12.2. The number of hydrogen-bond donors (Lipinski definition) is 2. The van der Waals surface area contributed by atoms with Crippen LogP contribution >= 0.6 is 0 Å². The van der Waals surface area contributed by atoms with Crippen molar-refractivity contribution in [3.63, 3.8) is 0 Å². The lowest BCUT2D eigenvalue weighted by atomic mass is 9.94. The number of hydrogen-bond acceptors (Lipinski definition) is 2. The van der Waals surface area contributed by atoms with Gasteiger partial charge in [-0.1, -0.05) is 37.6 Å². The van der Waals surface area contributed by atoms with Gasteiger partial charge in [-0.15, -0.1) is 0 Å². The zero-order chi connectivity index (χ0) is 14.4. The molecule has 1 unspecified atom stereocenters. The van der Waals surface area contributed by atoms with E-state index in [1.807, 2.05) is 7.05 Å². The molecule has 1 amide bonds. The lowest BCUT2D eigenvalue weighted by molar-refractivity contribution is -0.126. The molecule has 0 saturated heterocycles. The molecule has 3 nitrogen and oxygen atoms in total. The van der Waals surface area contributed by atoms with Gasteiger partial charge in [0, 0.05) is 13.1 Å². The second-order valence-corrected chi connectivity index (χ2v) is 5.56. The molecule has 0 aromatic heterocycles. The summed E-state index contributed by atoms with van der Waals surface area (Å²) < 4.78 is 0. The smallest absolute Gasteiger partial charge is 0.224 e. The van der Waals surface area contributed by atoms with E-state index in [0.29, 0.717) is 12.5 Å². The molecule has 0 aliphatic rings. The van der Waals surface area contributed by atoms with Gasteiger partial charge < -0.3 is 10.6 Å². The lowest BCUT2D eigenvalue weighted by Crippen LogP contribution is -2.38. The molecule has 1 rings (SSSR count). The van der Waals surface area contributed by atoms with Gasteiger partial charge in [-0.25, -0.2) is 0 Å². The Hall–Kier alpha value is -1.35. The maximum Gasteiger partial charge on any atom is 0.224 e. The summed E-state index contributed by atoms with van der Waals surface area (Å²) in [5.41, 5.74) is 3.64. The minimum Gasteiger partial charge on any atom is -0.352 e. The molecular formula is C16H26N2O. The zero-order valence-corrected chi connectivity index (χ0v) is 12.7. The van der Waals surface area contributed by atoms with Crippen molar-refractivity contribution < 1.29 is 4.79 Å². The fraction of sp³-hybridized carbons (Fsp3) is 0.562. The first kappa shape index (κ1) is 15.7. The van der Waals surface area contributed by atoms with Gasteiger partial charge in [0.2, 0.25) is 5.91 Å². The quantitative estimate of drug-likeness (QED) is 0.826. The normalized spacial score (nSPS) is 12.5. The standard InChI is InChI=1S/C16H26N2O/c1-11(2)15(10-17-5)16(19)18-9-14-8-12(3)6-7-13(14)4/h6-8,11,15,17H,9-10H2,1-5H3,(H,18,19). The Morgan fingerprint density at radius 2 is 1.95 bits per heavy atom. The number of carbonyl (C=O) groups excluding carboxylic acids is 1. The van der Waals surface area contributed by atoms with E-state index in [4.69, 9.17) is 0 Å². The van der Waals surface area contributed by atoms with Crippen LogP contribution in [0.1, 0.15) is 30.5 Å². The fourth-order valence-corrected chi connectivity index (χ4v) is 2.16. The van der Waals surface area contributed by atoms with Gasteiger partial charge in [0.15, 0.2) is 0 Å². The molecule has 0 radical (unpaired) electrons. The number of rotatable bonds is 6. The first-order valence-electron chi connectivity index (χ1n) is 6.94. The molecule has 19 heavy (non-hydrogen) atoms. The largest absolute Gasteiger partial charge is 0.352 e. The number of benzene rings is 1. The van der Waals surface area contributed by atoms with Crippen molar-refractivity contribution in [2.75, 3.05) is 13.6 Å². The van der Waals surface area contributed by atoms with Gasteiger partial charge in [0.25, 0.3) is 0 Å². The number of carbonyl (C=O) groups is 1. The fourth-order valence-electron chi connectivity index (χ4n) is 2.16. The molecule has 1 aromatic rings. The third-order valence-corrected chi connectivity index (χ3v) is 3.52. The Morgan fingerprint density at radius 1 is 1.26 bits per heavy atom. The summed E-state index contributed by atoms with van der Waals surface area (Å²) in [5, 5.41) is 6.14. The van der Waals surface area contributed by atoms with E-state index in [1.54, 1.807) is 0 Å². The van der Waals surface area contributed by atoms with Gasteiger partial charge in [-0.3, -0.25) is 4.79 Å². The molecular weight excluding hydrogens is 236 g/mol. The summed E-state index contributed by atoms with van der Waals surface area (Å²) in [6, 6.07) is 6.33. The minimum atomic E-state index is 0.0233. The highest BCUT2D eigenvalue weighted by atomic mass is 16.1. The summed E-state index contributed by atoms with van der Waals surface area (Å²) in [6.07, 6.45) is 0.